The first-order chi connectivity index (χ1) is 10.2. The van der Waals surface area contributed by atoms with Crippen molar-refractivity contribution in [1.29, 1.82) is 0 Å². The number of nitrogens with zero attached hydrogens (tertiary/aromatic N) is 2. The number of rotatable bonds is 4. The molecule has 1 atom stereocenters. The molecule has 110 valence electrons. The molecule has 1 aromatic heterocycles. The maximum atomic E-state index is 12.2. The van der Waals surface area contributed by atoms with Gasteiger partial charge in [-0.2, -0.15) is 0 Å². The average Bonchev–Trinajstić information content (AvgIpc) is 2.96. The van der Waals surface area contributed by atoms with E-state index >= 15 is 0 Å². The number of hydrogen-bond acceptors (Lipinski definition) is 2. The van der Waals surface area contributed by atoms with Gasteiger partial charge >= 0.3 is 0 Å². The van der Waals surface area contributed by atoms with Gasteiger partial charge in [-0.05, 0) is 24.5 Å². The lowest BCUT2D eigenvalue weighted by atomic mass is 9.95. The first-order valence-corrected chi connectivity index (χ1v) is 7.62. The van der Waals surface area contributed by atoms with Crippen molar-refractivity contribution in [3.63, 3.8) is 0 Å². The van der Waals surface area contributed by atoms with Crippen LogP contribution in [0.1, 0.15) is 17.7 Å². The van der Waals surface area contributed by atoms with E-state index in [9.17, 15) is 4.79 Å². The zero-order valence-electron chi connectivity index (χ0n) is 11.8. The monoisotopic (exact) mass is 303 g/mol. The fourth-order valence-corrected chi connectivity index (χ4v) is 2.99. The molecule has 1 unspecified atom stereocenters. The fourth-order valence-electron chi connectivity index (χ4n) is 2.76. The van der Waals surface area contributed by atoms with Crippen molar-refractivity contribution in [2.24, 2.45) is 5.92 Å². The van der Waals surface area contributed by atoms with Crippen LogP contribution in [0.15, 0.2) is 36.8 Å². The van der Waals surface area contributed by atoms with Crippen LogP contribution in [0.25, 0.3) is 0 Å². The Morgan fingerprint density at radius 2 is 2.29 bits per heavy atom. The summed E-state index contributed by atoms with van der Waals surface area (Å²) in [6.07, 6.45) is 6.10. The van der Waals surface area contributed by atoms with Gasteiger partial charge in [-0.1, -0.05) is 29.8 Å². The number of benzene rings is 1. The third-order valence-electron chi connectivity index (χ3n) is 3.99. The van der Waals surface area contributed by atoms with E-state index in [1.54, 1.807) is 0 Å². The molecule has 0 saturated heterocycles. The highest BCUT2D eigenvalue weighted by atomic mass is 35.5. The number of carbonyl (C=O) groups excluding carboxylic acids is 1. The van der Waals surface area contributed by atoms with Gasteiger partial charge in [0.15, 0.2) is 0 Å². The molecule has 1 aliphatic heterocycles. The predicted molar refractivity (Wildman–Crippen MR) is 82.2 cm³/mol. The van der Waals surface area contributed by atoms with Crippen molar-refractivity contribution in [2.75, 3.05) is 6.54 Å². The number of fused-ring (bicyclic) bond motifs is 1. The van der Waals surface area contributed by atoms with Crippen molar-refractivity contribution in [3.05, 3.63) is 53.1 Å². The number of carbonyl (C=O) groups is 1. The lowest BCUT2D eigenvalue weighted by molar-refractivity contribution is -0.125. The molecule has 0 spiro atoms. The van der Waals surface area contributed by atoms with Gasteiger partial charge in [0.1, 0.15) is 0 Å². The predicted octanol–water partition coefficient (Wildman–Crippen LogP) is 2.46. The zero-order valence-corrected chi connectivity index (χ0v) is 12.5. The Bertz CT molecular complexity index is 638. The Morgan fingerprint density at radius 3 is 3.14 bits per heavy atom. The van der Waals surface area contributed by atoms with Crippen LogP contribution >= 0.6 is 11.6 Å². The molecule has 3 rings (SSSR count). The number of amides is 1. The Morgan fingerprint density at radius 1 is 1.43 bits per heavy atom. The summed E-state index contributed by atoms with van der Waals surface area (Å²) < 4.78 is 2.12. The van der Waals surface area contributed by atoms with Crippen molar-refractivity contribution in [2.45, 2.75) is 25.8 Å². The molecule has 1 aromatic carbocycles. The minimum absolute atomic E-state index is 0.0560. The topological polar surface area (TPSA) is 46.9 Å². The standard InChI is InChI=1S/C16H18ClN3O/c17-15-4-2-1-3-12(15)5-7-19-16(21)13-6-8-20-11-18-10-14(20)9-13/h1-4,10-11,13H,5-9H2,(H,19,21). The summed E-state index contributed by atoms with van der Waals surface area (Å²) in [5.41, 5.74) is 2.22. The molecule has 1 amide bonds. The molecule has 0 fully saturated rings. The van der Waals surface area contributed by atoms with Gasteiger partial charge in [0.05, 0.1) is 6.33 Å². The lowest BCUT2D eigenvalue weighted by Gasteiger charge is -2.23. The molecule has 21 heavy (non-hydrogen) atoms. The quantitative estimate of drug-likeness (QED) is 0.943. The maximum Gasteiger partial charge on any atom is 0.223 e. The Hall–Kier alpha value is -1.81. The summed E-state index contributed by atoms with van der Waals surface area (Å²) in [6.45, 7) is 1.50. The first kappa shape index (κ1) is 14.1. The number of aromatic nitrogens is 2. The number of halogens is 1. The highest BCUT2D eigenvalue weighted by Gasteiger charge is 2.24. The molecule has 4 nitrogen and oxygen atoms in total. The van der Waals surface area contributed by atoms with Gasteiger partial charge in [0, 0.05) is 42.3 Å². The number of imidazole rings is 1. The molecule has 1 N–H and O–H groups in total. The van der Waals surface area contributed by atoms with Gasteiger partial charge < -0.3 is 9.88 Å². The van der Waals surface area contributed by atoms with Crippen LogP contribution in [-0.2, 0) is 24.2 Å². The van der Waals surface area contributed by atoms with Gasteiger partial charge in [0.2, 0.25) is 5.91 Å². The highest BCUT2D eigenvalue weighted by molar-refractivity contribution is 6.31. The molecule has 5 heteroatoms. The first-order valence-electron chi connectivity index (χ1n) is 7.24. The number of hydrogen-bond donors (Lipinski definition) is 1. The minimum atomic E-state index is 0.0560. The van der Waals surface area contributed by atoms with Crippen molar-refractivity contribution in [3.8, 4) is 0 Å². The third kappa shape index (κ3) is 3.27. The molecular weight excluding hydrogens is 286 g/mol. The molecule has 0 saturated carbocycles. The van der Waals surface area contributed by atoms with Crippen molar-refractivity contribution in [1.82, 2.24) is 14.9 Å². The van der Waals surface area contributed by atoms with Crippen LogP contribution in [0.5, 0.6) is 0 Å². The summed E-state index contributed by atoms with van der Waals surface area (Å²) in [5.74, 6) is 0.190. The number of aryl methyl sites for hydroxylation is 1. The van der Waals surface area contributed by atoms with E-state index in [0.29, 0.717) is 6.54 Å². The normalized spacial score (nSPS) is 17.3. The molecule has 0 bridgehead atoms. The van der Waals surface area contributed by atoms with Gasteiger partial charge in [-0.3, -0.25) is 4.79 Å². The molecular formula is C16H18ClN3O. The lowest BCUT2D eigenvalue weighted by Crippen LogP contribution is -2.36. The Balaban J connectivity index is 1.50. The van der Waals surface area contributed by atoms with Crippen LogP contribution in [0, 0.1) is 5.92 Å². The average molecular weight is 304 g/mol. The van der Waals surface area contributed by atoms with E-state index in [4.69, 9.17) is 11.6 Å². The van der Waals surface area contributed by atoms with Crippen LogP contribution in [-0.4, -0.2) is 22.0 Å². The summed E-state index contributed by atoms with van der Waals surface area (Å²) in [7, 11) is 0. The SMILES string of the molecule is O=C(NCCc1ccccc1Cl)C1CCn2cncc2C1. The summed E-state index contributed by atoms with van der Waals surface area (Å²) in [4.78, 5) is 16.4. The molecule has 2 heterocycles. The molecule has 0 aliphatic carbocycles. The summed E-state index contributed by atoms with van der Waals surface area (Å²) in [5, 5.41) is 3.78. The fraction of sp³-hybridized carbons (Fsp3) is 0.375. The summed E-state index contributed by atoms with van der Waals surface area (Å²) >= 11 is 6.11. The van der Waals surface area contributed by atoms with Crippen LogP contribution in [0.3, 0.4) is 0 Å². The van der Waals surface area contributed by atoms with Gasteiger partial charge in [0.25, 0.3) is 0 Å². The summed E-state index contributed by atoms with van der Waals surface area (Å²) in [6, 6.07) is 7.75. The van der Waals surface area contributed by atoms with E-state index < -0.39 is 0 Å². The largest absolute Gasteiger partial charge is 0.356 e. The van der Waals surface area contributed by atoms with E-state index in [1.807, 2.05) is 36.8 Å². The highest BCUT2D eigenvalue weighted by Crippen LogP contribution is 2.20. The van der Waals surface area contributed by atoms with Crippen molar-refractivity contribution >= 4 is 17.5 Å². The molecule has 0 radical (unpaired) electrons. The number of nitrogens with one attached hydrogen (secondary N) is 1. The van der Waals surface area contributed by atoms with Gasteiger partial charge in [-0.25, -0.2) is 4.98 Å². The molecule has 1 aliphatic rings. The maximum absolute atomic E-state index is 12.2. The second-order valence-corrected chi connectivity index (χ2v) is 5.81. The van der Waals surface area contributed by atoms with Crippen LogP contribution in [0.2, 0.25) is 5.02 Å². The zero-order chi connectivity index (χ0) is 14.7. The third-order valence-corrected chi connectivity index (χ3v) is 4.36. The van der Waals surface area contributed by atoms with Crippen LogP contribution in [0.4, 0.5) is 0 Å². The Labute approximate surface area is 129 Å². The van der Waals surface area contributed by atoms with Crippen LogP contribution < -0.4 is 5.32 Å². The van der Waals surface area contributed by atoms with Crippen molar-refractivity contribution < 1.29 is 4.79 Å². The molecule has 2 aromatic rings. The smallest absolute Gasteiger partial charge is 0.223 e. The minimum Gasteiger partial charge on any atom is -0.356 e. The van der Waals surface area contributed by atoms with E-state index in [0.717, 1.165) is 42.1 Å². The van der Waals surface area contributed by atoms with E-state index in [2.05, 4.69) is 14.9 Å². The second kappa shape index (κ2) is 6.31. The van der Waals surface area contributed by atoms with Gasteiger partial charge in [-0.15, -0.1) is 0 Å². The van der Waals surface area contributed by atoms with E-state index in [-0.39, 0.29) is 11.8 Å². The second-order valence-electron chi connectivity index (χ2n) is 5.40. The van der Waals surface area contributed by atoms with E-state index in [1.165, 1.54) is 0 Å². The Kier molecular flexibility index (Phi) is 4.25.